The second-order valence-corrected chi connectivity index (χ2v) is 14.6. The monoisotopic (exact) mass is 825 g/mol. The van der Waals surface area contributed by atoms with Gasteiger partial charge in [0.2, 0.25) is 0 Å². The summed E-state index contributed by atoms with van der Waals surface area (Å²) in [5.74, 6) is 0.965. The maximum absolute atomic E-state index is 10.6. The van der Waals surface area contributed by atoms with E-state index >= 15 is 0 Å². The van der Waals surface area contributed by atoms with Crippen LogP contribution < -0.4 is 4.90 Å². The number of aryl methyl sites for hydroxylation is 2. The van der Waals surface area contributed by atoms with Crippen LogP contribution in [0.15, 0.2) is 115 Å². The van der Waals surface area contributed by atoms with Crippen LogP contribution in [0.5, 0.6) is 5.75 Å². The Kier molecular flexibility index (Phi) is 10.3. The Balaban J connectivity index is 0.00000468. The van der Waals surface area contributed by atoms with Gasteiger partial charge in [-0.25, -0.2) is 4.98 Å². The normalized spacial score (nSPS) is 11.6. The van der Waals surface area contributed by atoms with E-state index in [0.717, 1.165) is 45.3 Å². The molecule has 0 atom stereocenters. The number of aromatic nitrogens is 2. The molecule has 0 saturated heterocycles. The smallest absolute Gasteiger partial charge is 0.136 e. The maximum atomic E-state index is 10.6. The molecule has 0 aliphatic carbocycles. The van der Waals surface area contributed by atoms with E-state index < -0.39 is 0 Å². The van der Waals surface area contributed by atoms with E-state index in [1.165, 1.54) is 27.8 Å². The van der Waals surface area contributed by atoms with Crippen LogP contribution in [0.1, 0.15) is 63.8 Å². The van der Waals surface area contributed by atoms with E-state index in [9.17, 15) is 5.11 Å². The number of phenols is 1. The van der Waals surface area contributed by atoms with Crippen molar-refractivity contribution in [2.45, 2.75) is 66.2 Å². The van der Waals surface area contributed by atoms with Crippen molar-refractivity contribution in [1.82, 2.24) is 9.97 Å². The van der Waals surface area contributed by atoms with E-state index in [2.05, 4.69) is 115 Å². The third-order valence-electron chi connectivity index (χ3n) is 8.88. The molecule has 2 heterocycles. The van der Waals surface area contributed by atoms with Gasteiger partial charge >= 0.3 is 0 Å². The quantitative estimate of drug-likeness (QED) is 0.170. The molecule has 0 fully saturated rings. The fourth-order valence-corrected chi connectivity index (χ4v) is 6.22. The fourth-order valence-electron chi connectivity index (χ4n) is 6.22. The van der Waals surface area contributed by atoms with Crippen LogP contribution in [0.25, 0.3) is 33.6 Å². The molecule has 0 aliphatic rings. The molecule has 5 heteroatoms. The molecule has 0 spiro atoms. The Morgan fingerprint density at radius 3 is 1.96 bits per heavy atom. The van der Waals surface area contributed by atoms with E-state index in [1.54, 1.807) is 6.07 Å². The molecule has 0 aliphatic heterocycles. The van der Waals surface area contributed by atoms with Crippen molar-refractivity contribution in [1.29, 1.82) is 0 Å². The van der Waals surface area contributed by atoms with Gasteiger partial charge in [-0.1, -0.05) is 95.6 Å². The standard InChI is InChI=1S/C44H44N3O.Pt/c1-29-25-34(44(6,7)8)26-30(2)42(29)32-23-24-45-39(28-32)38-16-12-18-41(46-38)47(35-21-19-33(20-22-35)43(3,4)5)36-14-11-13-31(27-36)37-15-9-10-17-40(37)48;/h9-26,28,48H,1-8H3;/q-1;. The van der Waals surface area contributed by atoms with Gasteiger partial charge in [-0.15, -0.1) is 29.8 Å². The summed E-state index contributed by atoms with van der Waals surface area (Å²) in [5, 5.41) is 10.6. The molecule has 1 N–H and O–H groups in total. The third-order valence-corrected chi connectivity index (χ3v) is 8.88. The Bertz CT molecular complexity index is 2070. The van der Waals surface area contributed by atoms with Crippen molar-refractivity contribution < 1.29 is 26.2 Å². The van der Waals surface area contributed by atoms with Crippen LogP contribution in [-0.4, -0.2) is 15.1 Å². The number of nitrogens with zero attached hydrogens (tertiary/aromatic N) is 3. The summed E-state index contributed by atoms with van der Waals surface area (Å²) < 4.78 is 0. The molecule has 4 aromatic carbocycles. The number of phenolic OH excluding ortho intramolecular Hbond substituents is 1. The van der Waals surface area contributed by atoms with Crippen molar-refractivity contribution in [3.8, 4) is 39.4 Å². The molecule has 49 heavy (non-hydrogen) atoms. The Hall–Kier alpha value is -4.53. The molecule has 0 saturated carbocycles. The van der Waals surface area contributed by atoms with Gasteiger partial charge in [-0.05, 0) is 106 Å². The maximum Gasteiger partial charge on any atom is 0.136 e. The summed E-state index contributed by atoms with van der Waals surface area (Å²) in [6.45, 7) is 17.8. The van der Waals surface area contributed by atoms with E-state index in [0.29, 0.717) is 0 Å². The molecule has 4 nitrogen and oxygen atoms in total. The Morgan fingerprint density at radius 2 is 1.31 bits per heavy atom. The predicted molar refractivity (Wildman–Crippen MR) is 200 cm³/mol. The number of para-hydroxylation sites is 1. The summed E-state index contributed by atoms with van der Waals surface area (Å²) in [7, 11) is 0. The number of pyridine rings is 2. The molecule has 6 aromatic rings. The SMILES string of the molecule is Cc1cc(C(C)(C)C)cc(C)c1-c1ccnc(-c2cccc(N(c3[c-]c(-c4ccccc4O)ccc3)c3ccc(C(C)(C)C)cc3)n2)c1.[Pt]. The molecule has 0 bridgehead atoms. The van der Waals surface area contributed by atoms with Crippen LogP contribution >= 0.6 is 0 Å². The first-order chi connectivity index (χ1) is 22.8. The third kappa shape index (κ3) is 7.71. The van der Waals surface area contributed by atoms with Crippen molar-refractivity contribution in [3.05, 3.63) is 144 Å². The van der Waals surface area contributed by atoms with Crippen molar-refractivity contribution >= 4 is 17.2 Å². The molecular formula is C44H44N3OPt-. The number of benzene rings is 4. The number of aromatic hydroxyl groups is 1. The van der Waals surface area contributed by atoms with Crippen LogP contribution in [0.3, 0.4) is 0 Å². The second-order valence-electron chi connectivity index (χ2n) is 14.6. The zero-order valence-corrected chi connectivity index (χ0v) is 31.8. The molecule has 6 rings (SSSR count). The topological polar surface area (TPSA) is 49.2 Å². The molecule has 0 radical (unpaired) electrons. The van der Waals surface area contributed by atoms with Crippen molar-refractivity contribution in [3.63, 3.8) is 0 Å². The summed E-state index contributed by atoms with van der Waals surface area (Å²) in [5.41, 5.74) is 12.5. The first-order valence-corrected chi connectivity index (χ1v) is 16.6. The van der Waals surface area contributed by atoms with Crippen LogP contribution in [0.2, 0.25) is 0 Å². The largest absolute Gasteiger partial charge is 0.517 e. The van der Waals surface area contributed by atoms with Gasteiger partial charge < -0.3 is 10.0 Å². The van der Waals surface area contributed by atoms with E-state index in [1.807, 2.05) is 60.8 Å². The molecule has 2 aromatic heterocycles. The van der Waals surface area contributed by atoms with Crippen LogP contribution in [-0.2, 0) is 31.9 Å². The summed E-state index contributed by atoms with van der Waals surface area (Å²) in [6.07, 6.45) is 1.88. The van der Waals surface area contributed by atoms with Crippen LogP contribution in [0, 0.1) is 19.9 Å². The zero-order chi connectivity index (χ0) is 34.2. The fraction of sp³-hybridized carbons (Fsp3) is 0.227. The number of hydrogen-bond donors (Lipinski definition) is 1. The zero-order valence-electron chi connectivity index (χ0n) is 29.6. The van der Waals surface area contributed by atoms with Gasteiger partial charge in [-0.3, -0.25) is 4.98 Å². The van der Waals surface area contributed by atoms with E-state index in [4.69, 9.17) is 9.97 Å². The Morgan fingerprint density at radius 1 is 0.653 bits per heavy atom. The Labute approximate surface area is 306 Å². The van der Waals surface area contributed by atoms with Gasteiger partial charge in [0.1, 0.15) is 5.82 Å². The van der Waals surface area contributed by atoms with Gasteiger partial charge in [0.15, 0.2) is 0 Å². The average Bonchev–Trinajstić information content (AvgIpc) is 3.05. The summed E-state index contributed by atoms with van der Waals surface area (Å²) >= 11 is 0. The molecule has 0 unspecified atom stereocenters. The first kappa shape index (κ1) is 35.8. The average molecular weight is 826 g/mol. The molecular weight excluding hydrogens is 782 g/mol. The van der Waals surface area contributed by atoms with E-state index in [-0.39, 0.29) is 37.6 Å². The minimum atomic E-state index is 0. The van der Waals surface area contributed by atoms with Gasteiger partial charge in [0.25, 0.3) is 0 Å². The van der Waals surface area contributed by atoms with Crippen LogP contribution in [0.4, 0.5) is 17.2 Å². The van der Waals surface area contributed by atoms with Gasteiger partial charge in [0.05, 0.1) is 17.1 Å². The molecule has 0 amide bonds. The number of anilines is 3. The number of rotatable bonds is 6. The van der Waals surface area contributed by atoms with Crippen molar-refractivity contribution in [2.75, 3.05) is 4.90 Å². The minimum absolute atomic E-state index is 0. The molecule has 252 valence electrons. The predicted octanol–water partition coefficient (Wildman–Crippen LogP) is 11.7. The van der Waals surface area contributed by atoms with Crippen molar-refractivity contribution in [2.24, 2.45) is 0 Å². The van der Waals surface area contributed by atoms with Gasteiger partial charge in [-0.2, -0.15) is 0 Å². The van der Waals surface area contributed by atoms with Gasteiger partial charge in [0, 0.05) is 32.9 Å². The minimum Gasteiger partial charge on any atom is -0.517 e. The number of hydrogen-bond acceptors (Lipinski definition) is 4. The summed E-state index contributed by atoms with van der Waals surface area (Å²) in [6, 6.07) is 40.5. The first-order valence-electron chi connectivity index (χ1n) is 16.6. The second kappa shape index (κ2) is 14.1. The summed E-state index contributed by atoms with van der Waals surface area (Å²) in [4.78, 5) is 12.1.